The van der Waals surface area contributed by atoms with E-state index in [0.29, 0.717) is 21.4 Å². The van der Waals surface area contributed by atoms with E-state index in [1.807, 2.05) is 6.07 Å². The second kappa shape index (κ2) is 7.89. The van der Waals surface area contributed by atoms with E-state index in [1.165, 1.54) is 48.8 Å². The van der Waals surface area contributed by atoms with Gasteiger partial charge in [0.25, 0.3) is 0 Å². The number of para-hydroxylation sites is 1. The number of aromatic nitrogens is 1. The highest BCUT2D eigenvalue weighted by atomic mass is 32.2. The lowest BCUT2D eigenvalue weighted by atomic mass is 10.2. The van der Waals surface area contributed by atoms with E-state index in [2.05, 4.69) is 4.98 Å². The van der Waals surface area contributed by atoms with Crippen LogP contribution in [0.2, 0.25) is 0 Å². The van der Waals surface area contributed by atoms with Gasteiger partial charge in [0.2, 0.25) is 0 Å². The Bertz CT molecular complexity index is 1010. The van der Waals surface area contributed by atoms with E-state index in [1.54, 1.807) is 24.3 Å². The lowest BCUT2D eigenvalue weighted by molar-refractivity contribution is -0.0438. The number of nitrogens with zero attached hydrogens (tertiary/aromatic N) is 2. The average molecular weight is 408 g/mol. The first-order valence-corrected chi connectivity index (χ1v) is 9.52. The lowest BCUT2D eigenvalue weighted by Crippen LogP contribution is -2.40. The number of pyridine rings is 1. The molecule has 0 spiro atoms. The first-order valence-electron chi connectivity index (χ1n) is 8.08. The van der Waals surface area contributed by atoms with Gasteiger partial charge >= 0.3 is 15.5 Å². The highest BCUT2D eigenvalue weighted by Gasteiger charge is 2.50. The molecule has 146 valence electrons. The molecule has 3 rings (SSSR count). The number of benzene rings is 2. The molecule has 0 aliphatic heterocycles. The minimum Gasteiger partial charge on any atom is -0.457 e. The third kappa shape index (κ3) is 4.42. The van der Waals surface area contributed by atoms with Gasteiger partial charge in [0.15, 0.2) is 0 Å². The van der Waals surface area contributed by atoms with Gasteiger partial charge < -0.3 is 4.74 Å². The van der Waals surface area contributed by atoms with Crippen molar-refractivity contribution in [3.63, 3.8) is 0 Å². The topological polar surface area (TPSA) is 59.5 Å². The maximum absolute atomic E-state index is 13.2. The van der Waals surface area contributed by atoms with Crippen molar-refractivity contribution in [1.29, 1.82) is 0 Å². The highest BCUT2D eigenvalue weighted by molar-refractivity contribution is 7.93. The van der Waals surface area contributed by atoms with Crippen molar-refractivity contribution in [2.45, 2.75) is 12.1 Å². The SMILES string of the molecule is O=S(=O)(N(Cc1cccnc1)c1ccc(Oc2ccccc2)cc1)C(F)(F)F. The number of ether oxygens (including phenoxy) is 1. The summed E-state index contributed by atoms with van der Waals surface area (Å²) < 4.78 is 69.6. The molecule has 0 saturated heterocycles. The molecule has 2 aromatic carbocycles. The zero-order chi connectivity index (χ0) is 20.2. The highest BCUT2D eigenvalue weighted by Crippen LogP contribution is 2.33. The molecule has 0 fully saturated rings. The Morgan fingerprint density at radius 3 is 2.11 bits per heavy atom. The van der Waals surface area contributed by atoms with Crippen molar-refractivity contribution in [3.8, 4) is 11.5 Å². The summed E-state index contributed by atoms with van der Waals surface area (Å²) in [5, 5.41) is 0. The molecule has 0 radical (unpaired) electrons. The zero-order valence-corrected chi connectivity index (χ0v) is 15.2. The van der Waals surface area contributed by atoms with Gasteiger partial charge in [-0.1, -0.05) is 24.3 Å². The fourth-order valence-electron chi connectivity index (χ4n) is 2.40. The van der Waals surface area contributed by atoms with E-state index in [0.717, 1.165) is 0 Å². The molecule has 28 heavy (non-hydrogen) atoms. The first kappa shape index (κ1) is 19.7. The van der Waals surface area contributed by atoms with Crippen LogP contribution in [-0.4, -0.2) is 18.9 Å². The summed E-state index contributed by atoms with van der Waals surface area (Å²) >= 11 is 0. The number of alkyl halides is 3. The molecule has 1 aromatic heterocycles. The van der Waals surface area contributed by atoms with Crippen LogP contribution in [0.25, 0.3) is 0 Å². The summed E-state index contributed by atoms with van der Waals surface area (Å²) in [6.45, 7) is -0.505. The zero-order valence-electron chi connectivity index (χ0n) is 14.4. The van der Waals surface area contributed by atoms with E-state index < -0.39 is 22.1 Å². The number of sulfonamides is 1. The Balaban J connectivity index is 1.91. The third-order valence-corrected chi connectivity index (χ3v) is 5.24. The van der Waals surface area contributed by atoms with E-state index in [-0.39, 0.29) is 5.69 Å². The van der Waals surface area contributed by atoms with Crippen LogP contribution < -0.4 is 9.04 Å². The molecule has 9 heteroatoms. The summed E-state index contributed by atoms with van der Waals surface area (Å²) in [7, 11) is -5.60. The van der Waals surface area contributed by atoms with Crippen LogP contribution in [0.4, 0.5) is 18.9 Å². The van der Waals surface area contributed by atoms with Crippen LogP contribution >= 0.6 is 0 Å². The molecule has 0 aliphatic carbocycles. The van der Waals surface area contributed by atoms with Crippen molar-refractivity contribution in [2.75, 3.05) is 4.31 Å². The molecule has 5 nitrogen and oxygen atoms in total. The lowest BCUT2D eigenvalue weighted by Gasteiger charge is -2.25. The van der Waals surface area contributed by atoms with Crippen molar-refractivity contribution < 1.29 is 26.3 Å². The molecule has 3 aromatic rings. The summed E-state index contributed by atoms with van der Waals surface area (Å²) in [6, 6.07) is 17.2. The van der Waals surface area contributed by atoms with Crippen LogP contribution in [0, 0.1) is 0 Å². The molecule has 0 saturated carbocycles. The molecule has 0 atom stereocenters. The molecule has 0 N–H and O–H groups in total. The van der Waals surface area contributed by atoms with Gasteiger partial charge in [0.1, 0.15) is 11.5 Å². The fourth-order valence-corrected chi connectivity index (χ4v) is 3.37. The number of hydrogen-bond donors (Lipinski definition) is 0. The van der Waals surface area contributed by atoms with Crippen molar-refractivity contribution in [2.24, 2.45) is 0 Å². The Morgan fingerprint density at radius 1 is 0.893 bits per heavy atom. The van der Waals surface area contributed by atoms with Gasteiger partial charge in [-0.05, 0) is 48.0 Å². The summed E-state index contributed by atoms with van der Waals surface area (Å²) in [6.07, 6.45) is 2.76. The average Bonchev–Trinajstić information content (AvgIpc) is 2.67. The minimum absolute atomic E-state index is 0.137. The molecular formula is C19H15F3N2O3S. The van der Waals surface area contributed by atoms with Crippen LogP contribution in [0.15, 0.2) is 79.1 Å². The molecule has 0 amide bonds. The first-order chi connectivity index (χ1) is 13.3. The number of rotatable bonds is 6. The number of halogens is 3. The van der Waals surface area contributed by atoms with Crippen LogP contribution in [0.5, 0.6) is 11.5 Å². The standard InChI is InChI=1S/C19H15F3N2O3S/c20-19(21,22)28(25,26)24(14-15-5-4-12-23-13-15)16-8-10-18(11-9-16)27-17-6-2-1-3-7-17/h1-13H,14H2. The Hall–Kier alpha value is -3.07. The van der Waals surface area contributed by atoms with Gasteiger partial charge in [0.05, 0.1) is 12.2 Å². The van der Waals surface area contributed by atoms with Gasteiger partial charge in [-0.25, -0.2) is 0 Å². The van der Waals surface area contributed by atoms with Crippen molar-refractivity contribution in [3.05, 3.63) is 84.7 Å². The predicted octanol–water partition coefficient (Wildman–Crippen LogP) is 4.73. The van der Waals surface area contributed by atoms with Crippen LogP contribution in [-0.2, 0) is 16.6 Å². The third-order valence-electron chi connectivity index (χ3n) is 3.74. The number of hydrogen-bond acceptors (Lipinski definition) is 4. The number of anilines is 1. The largest absolute Gasteiger partial charge is 0.516 e. The molecule has 0 bridgehead atoms. The Labute approximate surface area is 160 Å². The maximum atomic E-state index is 13.2. The van der Waals surface area contributed by atoms with Crippen LogP contribution in [0.1, 0.15) is 5.56 Å². The predicted molar refractivity (Wildman–Crippen MR) is 98.4 cm³/mol. The maximum Gasteiger partial charge on any atom is 0.516 e. The van der Waals surface area contributed by atoms with Gasteiger partial charge in [0, 0.05) is 12.4 Å². The quantitative estimate of drug-likeness (QED) is 0.592. The molecule has 0 aliphatic rings. The van der Waals surface area contributed by atoms with Crippen LogP contribution in [0.3, 0.4) is 0 Å². The Kier molecular flexibility index (Phi) is 5.55. The van der Waals surface area contributed by atoms with E-state index in [9.17, 15) is 21.6 Å². The fraction of sp³-hybridized carbons (Fsp3) is 0.105. The summed E-state index contributed by atoms with van der Waals surface area (Å²) in [5.41, 5.74) is -5.25. The molecule has 0 unspecified atom stereocenters. The van der Waals surface area contributed by atoms with Crippen molar-refractivity contribution in [1.82, 2.24) is 4.98 Å². The molecular weight excluding hydrogens is 393 g/mol. The normalized spacial score (nSPS) is 11.8. The second-order valence-corrected chi connectivity index (χ2v) is 7.58. The van der Waals surface area contributed by atoms with E-state index >= 15 is 0 Å². The van der Waals surface area contributed by atoms with Gasteiger partial charge in [-0.2, -0.15) is 21.6 Å². The summed E-state index contributed by atoms with van der Waals surface area (Å²) in [5.74, 6) is 0.908. The van der Waals surface area contributed by atoms with E-state index in [4.69, 9.17) is 4.74 Å². The van der Waals surface area contributed by atoms with Crippen molar-refractivity contribution >= 4 is 15.7 Å². The van der Waals surface area contributed by atoms with Gasteiger partial charge in [-0.15, -0.1) is 0 Å². The Morgan fingerprint density at radius 2 is 1.54 bits per heavy atom. The van der Waals surface area contributed by atoms with Gasteiger partial charge in [-0.3, -0.25) is 9.29 Å². The second-order valence-electron chi connectivity index (χ2n) is 5.73. The summed E-state index contributed by atoms with van der Waals surface area (Å²) in [4.78, 5) is 3.81. The molecule has 1 heterocycles. The monoisotopic (exact) mass is 408 g/mol. The smallest absolute Gasteiger partial charge is 0.457 e. The minimum atomic E-state index is -5.60.